The van der Waals surface area contributed by atoms with Gasteiger partial charge >= 0.3 is 0 Å². The molecule has 0 unspecified atom stereocenters. The molecule has 3 heteroatoms. The van der Waals surface area contributed by atoms with Crippen molar-refractivity contribution >= 4 is 65.8 Å². The summed E-state index contributed by atoms with van der Waals surface area (Å²) in [5.41, 5.74) is 17.3. The van der Waals surface area contributed by atoms with Crippen molar-refractivity contribution in [2.45, 2.75) is 19.3 Å². The summed E-state index contributed by atoms with van der Waals surface area (Å²) >= 11 is 0. The molecule has 0 saturated carbocycles. The highest BCUT2D eigenvalue weighted by Gasteiger charge is 2.38. The average molecular weight is 693 g/mol. The Morgan fingerprint density at radius 2 is 0.778 bits per heavy atom. The van der Waals surface area contributed by atoms with Crippen molar-refractivity contribution in [3.8, 4) is 44.5 Å². The van der Waals surface area contributed by atoms with E-state index in [2.05, 4.69) is 141 Å². The van der Waals surface area contributed by atoms with E-state index >= 15 is 0 Å². The lowest BCUT2D eigenvalue weighted by Gasteiger charge is -2.21. The summed E-state index contributed by atoms with van der Waals surface area (Å²) in [4.78, 5) is 0. The molecule has 3 nitrogen and oxygen atoms in total. The van der Waals surface area contributed by atoms with Gasteiger partial charge in [-0.1, -0.05) is 105 Å². The van der Waals surface area contributed by atoms with Crippen LogP contribution in [-0.4, -0.2) is 0 Å². The van der Waals surface area contributed by atoms with Crippen molar-refractivity contribution in [2.75, 3.05) is 0 Å². The molecule has 0 atom stereocenters. The minimum Gasteiger partial charge on any atom is -0.456 e. The highest BCUT2D eigenvalue weighted by Crippen LogP contribution is 2.53. The Hall–Kier alpha value is -6.84. The first-order valence-electron chi connectivity index (χ1n) is 18.6. The van der Waals surface area contributed by atoms with E-state index in [1.165, 1.54) is 27.8 Å². The fourth-order valence-electron chi connectivity index (χ4n) is 9.14. The van der Waals surface area contributed by atoms with Crippen molar-refractivity contribution in [3.63, 3.8) is 0 Å². The van der Waals surface area contributed by atoms with Gasteiger partial charge in [0.25, 0.3) is 0 Å². The Kier molecular flexibility index (Phi) is 5.84. The van der Waals surface area contributed by atoms with Gasteiger partial charge in [-0.05, 0) is 117 Å². The van der Waals surface area contributed by atoms with E-state index in [4.69, 9.17) is 13.3 Å². The summed E-state index contributed by atoms with van der Waals surface area (Å²) in [5, 5.41) is 6.80. The molecule has 1 aliphatic carbocycles. The summed E-state index contributed by atoms with van der Waals surface area (Å²) in [5.74, 6) is 0. The van der Waals surface area contributed by atoms with Gasteiger partial charge in [0.15, 0.2) is 0 Å². The fraction of sp³-hybridized carbons (Fsp3) is 0.0588. The lowest BCUT2D eigenvalue weighted by molar-refractivity contribution is 0.653. The van der Waals surface area contributed by atoms with E-state index in [1.54, 1.807) is 0 Å². The molecule has 0 aliphatic heterocycles. The second-order valence-corrected chi connectivity index (χ2v) is 15.3. The van der Waals surface area contributed by atoms with E-state index in [0.29, 0.717) is 0 Å². The van der Waals surface area contributed by atoms with Crippen LogP contribution in [0.15, 0.2) is 171 Å². The molecule has 54 heavy (non-hydrogen) atoms. The molecule has 0 saturated heterocycles. The minimum atomic E-state index is -0.158. The van der Waals surface area contributed by atoms with Gasteiger partial charge in [0.2, 0.25) is 0 Å². The van der Waals surface area contributed by atoms with Crippen LogP contribution in [0.25, 0.3) is 110 Å². The van der Waals surface area contributed by atoms with Crippen LogP contribution in [0, 0.1) is 0 Å². The van der Waals surface area contributed by atoms with Gasteiger partial charge in [0.05, 0.1) is 0 Å². The maximum absolute atomic E-state index is 6.65. The van der Waals surface area contributed by atoms with Crippen LogP contribution in [0.2, 0.25) is 0 Å². The molecule has 0 N–H and O–H groups in total. The molecule has 3 aromatic heterocycles. The van der Waals surface area contributed by atoms with Crippen molar-refractivity contribution in [1.29, 1.82) is 0 Å². The lowest BCUT2D eigenvalue weighted by Crippen LogP contribution is -2.14. The number of hydrogen-bond donors (Lipinski definition) is 0. The van der Waals surface area contributed by atoms with Crippen molar-refractivity contribution in [1.82, 2.24) is 0 Å². The molecule has 1 aliphatic rings. The topological polar surface area (TPSA) is 39.4 Å². The zero-order valence-corrected chi connectivity index (χ0v) is 29.7. The number of hydrogen-bond acceptors (Lipinski definition) is 3. The number of fused-ring (bicyclic) bond motifs is 13. The monoisotopic (exact) mass is 692 g/mol. The first-order valence-corrected chi connectivity index (χ1v) is 18.6. The number of benzene rings is 8. The van der Waals surface area contributed by atoms with Crippen LogP contribution < -0.4 is 0 Å². The third kappa shape index (κ3) is 4.12. The van der Waals surface area contributed by atoms with Crippen LogP contribution in [0.1, 0.15) is 25.0 Å². The second-order valence-electron chi connectivity index (χ2n) is 15.3. The highest BCUT2D eigenvalue weighted by molar-refractivity contribution is 6.12. The number of rotatable bonds is 3. The molecule has 0 radical (unpaired) electrons. The zero-order valence-electron chi connectivity index (χ0n) is 29.7. The predicted octanol–water partition coefficient (Wildman–Crippen LogP) is 14.7. The average Bonchev–Trinajstić information content (AvgIpc) is 3.95. The standard InChI is InChI=1S/C51H32O3/c1-51(2)42-19-15-29(28-41(42)49-43(51)20-18-38-35-9-3-8-14-46(35)54-50(38)49)32-23-33(30-16-21-47-39(26-30)36-10-4-6-12-44(36)52-47)25-34(24-32)31-17-22-48-40(27-31)37-11-5-7-13-45(37)53-48/h3-28H,1-2H3. The fourth-order valence-corrected chi connectivity index (χ4v) is 9.14. The highest BCUT2D eigenvalue weighted by atomic mass is 16.3. The third-order valence-corrected chi connectivity index (χ3v) is 11.9. The normalized spacial score (nSPS) is 13.5. The molecule has 0 spiro atoms. The maximum atomic E-state index is 6.65. The molecule has 0 amide bonds. The summed E-state index contributed by atoms with van der Waals surface area (Å²) in [6.45, 7) is 4.66. The van der Waals surface area contributed by atoms with E-state index in [1.807, 2.05) is 30.3 Å². The molecular formula is C51H32O3. The van der Waals surface area contributed by atoms with Crippen LogP contribution in [0.5, 0.6) is 0 Å². The molecule has 254 valence electrons. The predicted molar refractivity (Wildman–Crippen MR) is 222 cm³/mol. The largest absolute Gasteiger partial charge is 0.456 e. The van der Waals surface area contributed by atoms with Crippen LogP contribution in [0.4, 0.5) is 0 Å². The lowest BCUT2D eigenvalue weighted by atomic mass is 9.82. The Labute approximate surface area is 310 Å². The Bertz CT molecular complexity index is 3230. The van der Waals surface area contributed by atoms with Gasteiger partial charge in [0.1, 0.15) is 33.5 Å². The van der Waals surface area contributed by atoms with Gasteiger partial charge < -0.3 is 13.3 Å². The van der Waals surface area contributed by atoms with Crippen LogP contribution >= 0.6 is 0 Å². The molecular weight excluding hydrogens is 661 g/mol. The maximum Gasteiger partial charge on any atom is 0.143 e. The Morgan fingerprint density at radius 1 is 0.333 bits per heavy atom. The molecule has 12 rings (SSSR count). The molecule has 0 fully saturated rings. The molecule has 11 aromatic rings. The van der Waals surface area contributed by atoms with Crippen molar-refractivity contribution in [2.24, 2.45) is 0 Å². The quantitative estimate of drug-likeness (QED) is 0.185. The van der Waals surface area contributed by atoms with Crippen LogP contribution in [0.3, 0.4) is 0 Å². The number of para-hydroxylation sites is 3. The zero-order chi connectivity index (χ0) is 35.7. The van der Waals surface area contributed by atoms with Crippen molar-refractivity contribution in [3.05, 3.63) is 169 Å². The van der Waals surface area contributed by atoms with E-state index in [-0.39, 0.29) is 5.41 Å². The van der Waals surface area contributed by atoms with Gasteiger partial charge in [0, 0.05) is 43.3 Å². The first-order chi connectivity index (χ1) is 26.5. The van der Waals surface area contributed by atoms with Gasteiger partial charge in [-0.15, -0.1) is 0 Å². The van der Waals surface area contributed by atoms with Gasteiger partial charge in [-0.3, -0.25) is 0 Å². The molecule has 0 bridgehead atoms. The van der Waals surface area contributed by atoms with Gasteiger partial charge in [-0.2, -0.15) is 0 Å². The van der Waals surface area contributed by atoms with Crippen LogP contribution in [-0.2, 0) is 5.41 Å². The van der Waals surface area contributed by atoms with E-state index in [0.717, 1.165) is 93.6 Å². The summed E-state index contributed by atoms with van der Waals surface area (Å²) in [6.07, 6.45) is 0. The Balaban J connectivity index is 1.09. The summed E-state index contributed by atoms with van der Waals surface area (Å²) in [6, 6.07) is 56.6. The van der Waals surface area contributed by atoms with Crippen molar-refractivity contribution < 1.29 is 13.3 Å². The van der Waals surface area contributed by atoms with E-state index < -0.39 is 0 Å². The second kappa shape index (κ2) is 10.6. The SMILES string of the molecule is CC1(C)c2ccc(-c3cc(-c4ccc5oc6ccccc6c5c4)cc(-c4ccc5oc6ccccc6c5c4)c3)cc2-c2c1ccc1c2oc2ccccc21. The Morgan fingerprint density at radius 3 is 1.35 bits per heavy atom. The van der Waals surface area contributed by atoms with E-state index in [9.17, 15) is 0 Å². The third-order valence-electron chi connectivity index (χ3n) is 11.9. The minimum absolute atomic E-state index is 0.158. The summed E-state index contributed by atoms with van der Waals surface area (Å²) in [7, 11) is 0. The number of furan rings is 3. The molecule has 8 aromatic carbocycles. The molecule has 3 heterocycles. The smallest absolute Gasteiger partial charge is 0.143 e. The summed E-state index contributed by atoms with van der Waals surface area (Å²) < 4.78 is 19.1. The first kappa shape index (κ1) is 29.7. The van der Waals surface area contributed by atoms with Gasteiger partial charge in [-0.25, -0.2) is 0 Å².